The fourth-order valence-corrected chi connectivity index (χ4v) is 3.14. The number of aromatic amines is 1. The van der Waals surface area contributed by atoms with Gasteiger partial charge in [0.2, 0.25) is 0 Å². The summed E-state index contributed by atoms with van der Waals surface area (Å²) < 4.78 is 7.04. The second-order valence-corrected chi connectivity index (χ2v) is 6.50. The molecule has 1 amide bonds. The molecule has 2 aromatic carbocycles. The van der Waals surface area contributed by atoms with Gasteiger partial charge in [0.25, 0.3) is 5.91 Å². The van der Waals surface area contributed by atoms with Crippen molar-refractivity contribution in [2.24, 2.45) is 0 Å². The van der Waals surface area contributed by atoms with Gasteiger partial charge in [0, 0.05) is 18.8 Å². The van der Waals surface area contributed by atoms with Crippen LogP contribution < -0.4 is 10.1 Å². The number of amides is 1. The number of aromatic nitrogens is 4. The minimum atomic E-state index is -0.308. The number of nitrogens with one attached hydrogen (secondary N) is 2. The Balaban J connectivity index is 1.61. The summed E-state index contributed by atoms with van der Waals surface area (Å²) >= 11 is 0. The summed E-state index contributed by atoms with van der Waals surface area (Å²) in [5.74, 6) is 0.897. The summed E-state index contributed by atoms with van der Waals surface area (Å²) in [5, 5.41) is 7.52. The molecule has 0 aliphatic heterocycles. The number of hydrogen-bond donors (Lipinski definition) is 2. The van der Waals surface area contributed by atoms with Gasteiger partial charge in [-0.25, -0.2) is 9.67 Å². The molecule has 0 saturated carbocycles. The highest BCUT2D eigenvalue weighted by Crippen LogP contribution is 2.22. The van der Waals surface area contributed by atoms with Crippen molar-refractivity contribution in [1.82, 2.24) is 25.1 Å². The maximum absolute atomic E-state index is 13.1. The fraction of sp³-hybridized carbons (Fsp3) is 0.136. The standard InChI is InChI=1S/C22H21N5O2/c1-29-19-15-27(17-10-6-3-7-11-17)26-21(19)22(28)25-18(14-20-23-12-13-24-20)16-8-4-2-5-9-16/h2-13,15,18H,14H2,1H3,(H,23,24)(H,25,28)/t18-/m0/s1. The Hall–Kier alpha value is -3.87. The van der Waals surface area contributed by atoms with E-state index in [1.807, 2.05) is 60.7 Å². The molecule has 7 nitrogen and oxygen atoms in total. The van der Waals surface area contributed by atoms with Crippen LogP contribution in [0.4, 0.5) is 0 Å². The third kappa shape index (κ3) is 4.19. The van der Waals surface area contributed by atoms with Crippen LogP contribution in [0.5, 0.6) is 5.75 Å². The van der Waals surface area contributed by atoms with Gasteiger partial charge in [0.1, 0.15) is 5.82 Å². The van der Waals surface area contributed by atoms with Gasteiger partial charge in [-0.15, -0.1) is 0 Å². The van der Waals surface area contributed by atoms with E-state index in [0.29, 0.717) is 12.2 Å². The average Bonchev–Trinajstić information content (AvgIpc) is 3.44. The molecule has 4 aromatic rings. The number of imidazole rings is 1. The van der Waals surface area contributed by atoms with Crippen LogP contribution in [0.25, 0.3) is 5.69 Å². The molecule has 0 saturated heterocycles. The molecule has 0 unspecified atom stereocenters. The van der Waals surface area contributed by atoms with Gasteiger partial charge in [-0.3, -0.25) is 4.79 Å². The van der Waals surface area contributed by atoms with Crippen LogP contribution in [0, 0.1) is 0 Å². The lowest BCUT2D eigenvalue weighted by molar-refractivity contribution is 0.0927. The van der Waals surface area contributed by atoms with Gasteiger partial charge < -0.3 is 15.0 Å². The number of ether oxygens (including phenoxy) is 1. The van der Waals surface area contributed by atoms with E-state index in [-0.39, 0.29) is 17.6 Å². The Morgan fingerprint density at radius 2 is 1.86 bits per heavy atom. The lowest BCUT2D eigenvalue weighted by Crippen LogP contribution is -2.31. The Morgan fingerprint density at radius 1 is 1.14 bits per heavy atom. The van der Waals surface area contributed by atoms with E-state index in [0.717, 1.165) is 17.1 Å². The Bertz CT molecular complexity index is 1060. The first kappa shape index (κ1) is 18.5. The maximum Gasteiger partial charge on any atom is 0.276 e. The van der Waals surface area contributed by atoms with E-state index in [4.69, 9.17) is 4.74 Å². The largest absolute Gasteiger partial charge is 0.493 e. The average molecular weight is 387 g/mol. The molecule has 0 spiro atoms. The second-order valence-electron chi connectivity index (χ2n) is 6.50. The van der Waals surface area contributed by atoms with Crippen molar-refractivity contribution in [2.45, 2.75) is 12.5 Å². The molecule has 2 N–H and O–H groups in total. The number of para-hydroxylation sites is 1. The van der Waals surface area contributed by atoms with Crippen molar-refractivity contribution in [3.8, 4) is 11.4 Å². The number of hydrogen-bond acceptors (Lipinski definition) is 4. The topological polar surface area (TPSA) is 84.8 Å². The highest BCUT2D eigenvalue weighted by molar-refractivity contribution is 5.95. The molecule has 1 atom stereocenters. The summed E-state index contributed by atoms with van der Waals surface area (Å²) in [7, 11) is 1.53. The molecule has 4 rings (SSSR count). The predicted octanol–water partition coefficient (Wildman–Crippen LogP) is 3.32. The SMILES string of the molecule is COc1cn(-c2ccccc2)nc1C(=O)N[C@@H](Cc1ncc[nH]1)c1ccccc1. The van der Waals surface area contributed by atoms with Crippen LogP contribution in [0.3, 0.4) is 0 Å². The fourth-order valence-electron chi connectivity index (χ4n) is 3.14. The number of carbonyl (C=O) groups is 1. The lowest BCUT2D eigenvalue weighted by Gasteiger charge is -2.18. The molecule has 0 aliphatic carbocycles. The molecule has 0 bridgehead atoms. The van der Waals surface area contributed by atoms with Gasteiger partial charge in [0.05, 0.1) is 25.0 Å². The first-order valence-corrected chi connectivity index (χ1v) is 9.27. The first-order valence-electron chi connectivity index (χ1n) is 9.27. The summed E-state index contributed by atoms with van der Waals surface area (Å²) in [6.07, 6.45) is 5.70. The Labute approximate surface area is 168 Å². The summed E-state index contributed by atoms with van der Waals surface area (Å²) in [6.45, 7) is 0. The van der Waals surface area contributed by atoms with Crippen molar-refractivity contribution in [1.29, 1.82) is 0 Å². The van der Waals surface area contributed by atoms with E-state index in [9.17, 15) is 4.79 Å². The molecule has 2 heterocycles. The van der Waals surface area contributed by atoms with Gasteiger partial charge in [-0.05, 0) is 17.7 Å². The van der Waals surface area contributed by atoms with Crippen LogP contribution in [-0.4, -0.2) is 32.8 Å². The van der Waals surface area contributed by atoms with Crippen molar-refractivity contribution in [3.63, 3.8) is 0 Å². The van der Waals surface area contributed by atoms with E-state index < -0.39 is 0 Å². The summed E-state index contributed by atoms with van der Waals surface area (Å²) in [6, 6.07) is 19.1. The monoisotopic (exact) mass is 387 g/mol. The van der Waals surface area contributed by atoms with Gasteiger partial charge in [-0.2, -0.15) is 5.10 Å². The smallest absolute Gasteiger partial charge is 0.276 e. The third-order valence-corrected chi connectivity index (χ3v) is 4.60. The summed E-state index contributed by atoms with van der Waals surface area (Å²) in [4.78, 5) is 20.5. The number of methoxy groups -OCH3 is 1. The third-order valence-electron chi connectivity index (χ3n) is 4.60. The zero-order chi connectivity index (χ0) is 20.1. The van der Waals surface area contributed by atoms with Crippen LogP contribution in [0.15, 0.2) is 79.3 Å². The van der Waals surface area contributed by atoms with Crippen molar-refractivity contribution >= 4 is 5.91 Å². The highest BCUT2D eigenvalue weighted by atomic mass is 16.5. The first-order chi connectivity index (χ1) is 14.2. The van der Waals surface area contributed by atoms with Crippen LogP contribution in [0.2, 0.25) is 0 Å². The molecule has 0 fully saturated rings. The highest BCUT2D eigenvalue weighted by Gasteiger charge is 2.23. The van der Waals surface area contributed by atoms with Gasteiger partial charge >= 0.3 is 0 Å². The zero-order valence-corrected chi connectivity index (χ0v) is 15.9. The Morgan fingerprint density at radius 3 is 2.52 bits per heavy atom. The van der Waals surface area contributed by atoms with Gasteiger partial charge in [-0.1, -0.05) is 48.5 Å². The van der Waals surface area contributed by atoms with Crippen LogP contribution >= 0.6 is 0 Å². The molecule has 2 aromatic heterocycles. The minimum absolute atomic E-state index is 0.233. The van der Waals surface area contributed by atoms with E-state index in [2.05, 4.69) is 20.4 Å². The van der Waals surface area contributed by atoms with E-state index in [1.54, 1.807) is 23.3 Å². The molecule has 146 valence electrons. The summed E-state index contributed by atoms with van der Waals surface area (Å²) in [5.41, 5.74) is 2.07. The molecule has 29 heavy (non-hydrogen) atoms. The molecule has 0 aliphatic rings. The van der Waals surface area contributed by atoms with Gasteiger partial charge in [0.15, 0.2) is 11.4 Å². The minimum Gasteiger partial charge on any atom is -0.493 e. The molecular formula is C22H21N5O2. The van der Waals surface area contributed by atoms with Crippen molar-refractivity contribution < 1.29 is 9.53 Å². The second kappa shape index (κ2) is 8.43. The zero-order valence-electron chi connectivity index (χ0n) is 15.9. The number of rotatable bonds is 7. The van der Waals surface area contributed by atoms with E-state index >= 15 is 0 Å². The van der Waals surface area contributed by atoms with Crippen LogP contribution in [-0.2, 0) is 6.42 Å². The normalized spacial score (nSPS) is 11.8. The Kier molecular flexibility index (Phi) is 5.38. The predicted molar refractivity (Wildman–Crippen MR) is 109 cm³/mol. The molecule has 0 radical (unpaired) electrons. The number of H-pyrrole nitrogens is 1. The number of nitrogens with zero attached hydrogens (tertiary/aromatic N) is 3. The quantitative estimate of drug-likeness (QED) is 0.509. The van der Waals surface area contributed by atoms with Crippen molar-refractivity contribution in [3.05, 3.63) is 96.3 Å². The lowest BCUT2D eigenvalue weighted by atomic mass is 10.0. The number of carbonyl (C=O) groups excluding carboxylic acids is 1. The molecular weight excluding hydrogens is 366 g/mol. The van der Waals surface area contributed by atoms with E-state index in [1.165, 1.54) is 7.11 Å². The van der Waals surface area contributed by atoms with Crippen LogP contribution in [0.1, 0.15) is 27.9 Å². The maximum atomic E-state index is 13.1. The van der Waals surface area contributed by atoms with Crippen molar-refractivity contribution in [2.75, 3.05) is 7.11 Å². The number of benzene rings is 2. The molecule has 7 heteroatoms.